The van der Waals surface area contributed by atoms with Crippen molar-refractivity contribution >= 4 is 23.8 Å². The molecule has 0 aromatic carbocycles. The van der Waals surface area contributed by atoms with Crippen molar-refractivity contribution in [2.24, 2.45) is 0 Å². The first kappa shape index (κ1) is 12.5. The van der Waals surface area contributed by atoms with Crippen LogP contribution in [0.2, 0.25) is 0 Å². The molecule has 5 nitrogen and oxygen atoms in total. The van der Waals surface area contributed by atoms with Gasteiger partial charge in [-0.15, -0.1) is 0 Å². The molecule has 2 heterocycles. The van der Waals surface area contributed by atoms with Gasteiger partial charge in [-0.3, -0.25) is 4.79 Å². The highest BCUT2D eigenvalue weighted by Gasteiger charge is 2.42. The Morgan fingerprint density at radius 1 is 1.47 bits per heavy atom. The van der Waals surface area contributed by atoms with E-state index in [-0.39, 0.29) is 24.1 Å². The fraction of sp³-hybridized carbons (Fsp3) is 0.818. The standard InChI is InChI=1S/C11H18N2O3S/c1-16-9(14)5-3-2-4-8-10-7(6-17-8)12-11(15)13-10/h7-8,10H,2-6H2,1H3,(H2,12,13,15)/t7-,8-,10+/m1/s1. The highest BCUT2D eigenvalue weighted by Crippen LogP contribution is 2.33. The number of carbonyl (C=O) groups excluding carboxylic acids is 2. The van der Waals surface area contributed by atoms with E-state index in [1.807, 2.05) is 11.8 Å². The Balaban J connectivity index is 1.66. The molecule has 0 spiro atoms. The lowest BCUT2D eigenvalue weighted by atomic mass is 10.0. The van der Waals surface area contributed by atoms with Crippen LogP contribution in [0, 0.1) is 0 Å². The molecule has 2 N–H and O–H groups in total. The van der Waals surface area contributed by atoms with Crippen molar-refractivity contribution in [2.45, 2.75) is 43.0 Å². The lowest BCUT2D eigenvalue weighted by molar-refractivity contribution is -0.140. The van der Waals surface area contributed by atoms with E-state index in [0.29, 0.717) is 11.7 Å². The van der Waals surface area contributed by atoms with Crippen LogP contribution in [0.4, 0.5) is 4.79 Å². The molecular formula is C11H18N2O3S. The Morgan fingerprint density at radius 2 is 2.29 bits per heavy atom. The van der Waals surface area contributed by atoms with Gasteiger partial charge >= 0.3 is 12.0 Å². The number of fused-ring (bicyclic) bond motifs is 1. The van der Waals surface area contributed by atoms with Crippen LogP contribution < -0.4 is 10.6 Å². The summed E-state index contributed by atoms with van der Waals surface area (Å²) in [5.41, 5.74) is 0. The third-order valence-electron chi connectivity index (χ3n) is 3.29. The summed E-state index contributed by atoms with van der Waals surface area (Å²) in [5.74, 6) is 0.850. The van der Waals surface area contributed by atoms with Crippen LogP contribution in [-0.4, -0.2) is 42.2 Å². The Bertz CT molecular complexity index is 311. The summed E-state index contributed by atoms with van der Waals surface area (Å²) in [6.07, 6.45) is 3.41. The molecule has 2 rings (SSSR count). The Labute approximate surface area is 105 Å². The monoisotopic (exact) mass is 258 g/mol. The van der Waals surface area contributed by atoms with Crippen molar-refractivity contribution in [1.82, 2.24) is 10.6 Å². The average molecular weight is 258 g/mol. The number of urea groups is 1. The number of amides is 2. The van der Waals surface area contributed by atoms with E-state index in [2.05, 4.69) is 15.4 Å². The van der Waals surface area contributed by atoms with E-state index >= 15 is 0 Å². The van der Waals surface area contributed by atoms with Crippen molar-refractivity contribution < 1.29 is 14.3 Å². The highest BCUT2D eigenvalue weighted by atomic mass is 32.2. The van der Waals surface area contributed by atoms with Crippen molar-refractivity contribution in [3.05, 3.63) is 0 Å². The minimum absolute atomic E-state index is 0.0418. The zero-order valence-electron chi connectivity index (χ0n) is 9.90. The summed E-state index contributed by atoms with van der Waals surface area (Å²) in [4.78, 5) is 22.1. The molecule has 3 atom stereocenters. The maximum absolute atomic E-state index is 11.2. The second kappa shape index (κ2) is 5.62. The van der Waals surface area contributed by atoms with Gasteiger partial charge in [0, 0.05) is 17.4 Å². The number of hydrogen-bond donors (Lipinski definition) is 2. The van der Waals surface area contributed by atoms with E-state index < -0.39 is 0 Å². The van der Waals surface area contributed by atoms with E-state index in [9.17, 15) is 9.59 Å². The van der Waals surface area contributed by atoms with Crippen LogP contribution in [0.3, 0.4) is 0 Å². The molecule has 0 aliphatic carbocycles. The van der Waals surface area contributed by atoms with Gasteiger partial charge in [-0.1, -0.05) is 6.42 Å². The number of unbranched alkanes of at least 4 members (excludes halogenated alkanes) is 1. The summed E-state index contributed by atoms with van der Waals surface area (Å²) in [6.45, 7) is 0. The molecule has 2 amide bonds. The smallest absolute Gasteiger partial charge is 0.315 e. The highest BCUT2D eigenvalue weighted by molar-refractivity contribution is 8.00. The number of esters is 1. The number of thioether (sulfide) groups is 1. The van der Waals surface area contributed by atoms with Gasteiger partial charge in [-0.05, 0) is 12.8 Å². The third-order valence-corrected chi connectivity index (χ3v) is 4.79. The normalized spacial score (nSPS) is 30.6. The third kappa shape index (κ3) is 3.06. The number of carbonyl (C=O) groups is 2. The Kier molecular flexibility index (Phi) is 4.15. The maximum Gasteiger partial charge on any atom is 0.315 e. The molecule has 17 heavy (non-hydrogen) atoms. The summed E-state index contributed by atoms with van der Waals surface area (Å²) in [7, 11) is 1.42. The number of hydrogen-bond acceptors (Lipinski definition) is 4. The minimum Gasteiger partial charge on any atom is -0.469 e. The largest absolute Gasteiger partial charge is 0.469 e. The molecule has 2 saturated heterocycles. The fourth-order valence-corrected chi connectivity index (χ4v) is 3.90. The van der Waals surface area contributed by atoms with Gasteiger partial charge in [-0.25, -0.2) is 4.79 Å². The Hall–Kier alpha value is -0.910. The molecule has 2 aliphatic heterocycles. The van der Waals surface area contributed by atoms with Gasteiger partial charge in [0.25, 0.3) is 0 Å². The summed E-state index contributed by atoms with van der Waals surface area (Å²) in [6, 6.07) is 0.517. The zero-order valence-corrected chi connectivity index (χ0v) is 10.7. The van der Waals surface area contributed by atoms with Gasteiger partial charge in [0.15, 0.2) is 0 Å². The van der Waals surface area contributed by atoms with Crippen LogP contribution in [-0.2, 0) is 9.53 Å². The first-order chi connectivity index (χ1) is 8.20. The second-order valence-electron chi connectivity index (χ2n) is 4.44. The Morgan fingerprint density at radius 3 is 3.06 bits per heavy atom. The average Bonchev–Trinajstić information content (AvgIpc) is 2.84. The van der Waals surface area contributed by atoms with E-state index in [4.69, 9.17) is 0 Å². The lowest BCUT2D eigenvalue weighted by Crippen LogP contribution is -2.36. The van der Waals surface area contributed by atoms with Gasteiger partial charge < -0.3 is 15.4 Å². The zero-order chi connectivity index (χ0) is 12.3. The van der Waals surface area contributed by atoms with Crippen LogP contribution in [0.5, 0.6) is 0 Å². The minimum atomic E-state index is -0.141. The van der Waals surface area contributed by atoms with Gasteiger partial charge in [-0.2, -0.15) is 11.8 Å². The van der Waals surface area contributed by atoms with Gasteiger partial charge in [0.05, 0.1) is 19.2 Å². The SMILES string of the molecule is COC(=O)CCCC[C@H]1SC[C@H]2NC(=O)N[C@@H]21. The summed E-state index contributed by atoms with van der Waals surface area (Å²) < 4.78 is 4.59. The van der Waals surface area contributed by atoms with Crippen molar-refractivity contribution in [1.29, 1.82) is 0 Å². The van der Waals surface area contributed by atoms with Gasteiger partial charge in [0.2, 0.25) is 0 Å². The number of rotatable bonds is 5. The maximum atomic E-state index is 11.2. The first-order valence-corrected chi connectivity index (χ1v) is 7.01. The number of ether oxygens (including phenoxy) is 1. The molecule has 0 aromatic heterocycles. The quantitative estimate of drug-likeness (QED) is 0.436. The molecule has 2 fully saturated rings. The van der Waals surface area contributed by atoms with Crippen LogP contribution >= 0.6 is 11.8 Å². The lowest BCUT2D eigenvalue weighted by Gasteiger charge is -2.16. The van der Waals surface area contributed by atoms with Crippen molar-refractivity contribution in [3.63, 3.8) is 0 Å². The molecule has 0 bridgehead atoms. The van der Waals surface area contributed by atoms with Crippen LogP contribution in [0.1, 0.15) is 25.7 Å². The van der Waals surface area contributed by atoms with Crippen LogP contribution in [0.25, 0.3) is 0 Å². The molecular weight excluding hydrogens is 240 g/mol. The molecule has 0 radical (unpaired) electrons. The number of methoxy groups -OCH3 is 1. The summed E-state index contributed by atoms with van der Waals surface area (Å²) in [5, 5.41) is 6.37. The molecule has 0 saturated carbocycles. The second-order valence-corrected chi connectivity index (χ2v) is 5.72. The van der Waals surface area contributed by atoms with E-state index in [1.165, 1.54) is 7.11 Å². The predicted molar refractivity (Wildman–Crippen MR) is 66.0 cm³/mol. The topological polar surface area (TPSA) is 67.4 Å². The van der Waals surface area contributed by atoms with Crippen LogP contribution in [0.15, 0.2) is 0 Å². The number of nitrogens with one attached hydrogen (secondary N) is 2. The molecule has 0 aromatic rings. The van der Waals surface area contributed by atoms with Crippen molar-refractivity contribution in [3.8, 4) is 0 Å². The van der Waals surface area contributed by atoms with E-state index in [0.717, 1.165) is 25.0 Å². The molecule has 2 aliphatic rings. The summed E-state index contributed by atoms with van der Waals surface area (Å²) >= 11 is 1.91. The van der Waals surface area contributed by atoms with Crippen molar-refractivity contribution in [2.75, 3.05) is 12.9 Å². The molecule has 96 valence electrons. The fourth-order valence-electron chi connectivity index (χ4n) is 2.36. The first-order valence-electron chi connectivity index (χ1n) is 5.96. The van der Waals surface area contributed by atoms with E-state index in [1.54, 1.807) is 0 Å². The predicted octanol–water partition coefficient (Wildman–Crippen LogP) is 0.885. The van der Waals surface area contributed by atoms with Gasteiger partial charge in [0.1, 0.15) is 0 Å². The molecule has 0 unspecified atom stereocenters. The molecule has 6 heteroatoms.